The molecule has 0 fully saturated rings. The van der Waals surface area contributed by atoms with Gasteiger partial charge < -0.3 is 11.1 Å². The van der Waals surface area contributed by atoms with Gasteiger partial charge in [-0.2, -0.15) is 0 Å². The van der Waals surface area contributed by atoms with E-state index in [1.807, 2.05) is 19.1 Å². The van der Waals surface area contributed by atoms with E-state index in [2.05, 4.69) is 47.8 Å². The Balaban J connectivity index is 2.59. The van der Waals surface area contributed by atoms with Gasteiger partial charge in [-0.05, 0) is 78.1 Å². The number of rotatable bonds is 6. The number of amides is 1. The number of nitrogens with one attached hydrogen (secondary N) is 1. The van der Waals surface area contributed by atoms with Gasteiger partial charge in [0.25, 0.3) is 0 Å². The van der Waals surface area contributed by atoms with Crippen LogP contribution in [0.5, 0.6) is 0 Å². The minimum atomic E-state index is 0.0559. The molecule has 4 heteroatoms. The first-order valence-corrected chi connectivity index (χ1v) is 7.76. The maximum Gasteiger partial charge on any atom is 0.224 e. The van der Waals surface area contributed by atoms with Crippen LogP contribution >= 0.6 is 22.6 Å². The molecule has 3 N–H and O–H groups in total. The summed E-state index contributed by atoms with van der Waals surface area (Å²) in [6.07, 6.45) is 1.50. The van der Waals surface area contributed by atoms with E-state index in [1.54, 1.807) is 0 Å². The summed E-state index contributed by atoms with van der Waals surface area (Å²) >= 11 is 2.27. The largest absolute Gasteiger partial charge is 0.330 e. The predicted octanol–water partition coefficient (Wildman–Crippen LogP) is 3.55. The van der Waals surface area contributed by atoms with Crippen molar-refractivity contribution in [1.29, 1.82) is 0 Å². The molecule has 1 amide bonds. The van der Waals surface area contributed by atoms with Crippen LogP contribution in [0.2, 0.25) is 0 Å². The highest BCUT2D eigenvalue weighted by Gasteiger charge is 2.14. The van der Waals surface area contributed by atoms with Crippen molar-refractivity contribution in [3.63, 3.8) is 0 Å². The van der Waals surface area contributed by atoms with Crippen molar-refractivity contribution in [1.82, 2.24) is 0 Å². The normalized spacial score (nSPS) is 12.5. The molecular weight excluding hydrogens is 351 g/mol. The third-order valence-corrected chi connectivity index (χ3v) is 3.75. The second-order valence-electron chi connectivity index (χ2n) is 5.44. The summed E-state index contributed by atoms with van der Waals surface area (Å²) in [4.78, 5) is 12.0. The van der Waals surface area contributed by atoms with Crippen LogP contribution in [0.25, 0.3) is 0 Å². The Kier molecular flexibility index (Phi) is 6.79. The number of nitrogens with two attached hydrogens (primary N) is 1. The molecule has 1 aromatic rings. The summed E-state index contributed by atoms with van der Waals surface area (Å²) in [7, 11) is 0. The highest BCUT2D eigenvalue weighted by molar-refractivity contribution is 14.1. The van der Waals surface area contributed by atoms with E-state index in [0.717, 1.165) is 17.7 Å². The number of aryl methyl sites for hydroxylation is 1. The smallest absolute Gasteiger partial charge is 0.224 e. The van der Waals surface area contributed by atoms with Crippen LogP contribution in [0.15, 0.2) is 18.2 Å². The Morgan fingerprint density at radius 1 is 1.42 bits per heavy atom. The number of hydrogen-bond donors (Lipinski definition) is 2. The topological polar surface area (TPSA) is 55.1 Å². The van der Waals surface area contributed by atoms with E-state index in [1.165, 1.54) is 3.57 Å². The zero-order valence-electron chi connectivity index (χ0n) is 11.9. The first kappa shape index (κ1) is 16.4. The summed E-state index contributed by atoms with van der Waals surface area (Å²) in [5.74, 6) is 0.894. The third-order valence-electron chi connectivity index (χ3n) is 3.07. The summed E-state index contributed by atoms with van der Waals surface area (Å²) in [5.41, 5.74) is 7.72. The Bertz CT molecular complexity index is 432. The van der Waals surface area contributed by atoms with Crippen LogP contribution in [-0.2, 0) is 4.79 Å². The van der Waals surface area contributed by atoms with Gasteiger partial charge in [0, 0.05) is 15.7 Å². The molecular formula is C15H23IN2O. The molecule has 0 saturated carbocycles. The van der Waals surface area contributed by atoms with Crippen molar-refractivity contribution in [3.8, 4) is 0 Å². The molecule has 3 nitrogen and oxygen atoms in total. The summed E-state index contributed by atoms with van der Waals surface area (Å²) in [6, 6.07) is 6.01. The van der Waals surface area contributed by atoms with Gasteiger partial charge in [-0.3, -0.25) is 4.79 Å². The number of hydrogen-bond acceptors (Lipinski definition) is 2. The molecule has 106 valence electrons. The van der Waals surface area contributed by atoms with E-state index < -0.39 is 0 Å². The summed E-state index contributed by atoms with van der Waals surface area (Å²) in [6.45, 7) is 6.89. The lowest BCUT2D eigenvalue weighted by atomic mass is 9.94. The van der Waals surface area contributed by atoms with Crippen LogP contribution in [0.4, 0.5) is 5.69 Å². The van der Waals surface area contributed by atoms with Gasteiger partial charge >= 0.3 is 0 Å². The van der Waals surface area contributed by atoms with Gasteiger partial charge in [-0.1, -0.05) is 13.8 Å². The summed E-state index contributed by atoms with van der Waals surface area (Å²) < 4.78 is 1.17. The molecule has 19 heavy (non-hydrogen) atoms. The molecule has 0 aromatic heterocycles. The van der Waals surface area contributed by atoms with Crippen LogP contribution in [0.3, 0.4) is 0 Å². The van der Waals surface area contributed by atoms with E-state index >= 15 is 0 Å². The van der Waals surface area contributed by atoms with E-state index in [9.17, 15) is 4.79 Å². The number of halogens is 1. The van der Waals surface area contributed by atoms with Gasteiger partial charge in [0.1, 0.15) is 0 Å². The lowest BCUT2D eigenvalue weighted by Crippen LogP contribution is -2.23. The van der Waals surface area contributed by atoms with Crippen LogP contribution < -0.4 is 11.1 Å². The van der Waals surface area contributed by atoms with E-state index in [0.29, 0.717) is 18.9 Å². The van der Waals surface area contributed by atoms with Crippen molar-refractivity contribution in [2.45, 2.75) is 33.6 Å². The zero-order valence-corrected chi connectivity index (χ0v) is 14.0. The Morgan fingerprint density at radius 3 is 2.63 bits per heavy atom. The SMILES string of the molecule is Cc1cc(I)ccc1NC(=O)C[C@@H](CN)CC(C)C. The third kappa shape index (κ3) is 5.91. The van der Waals surface area contributed by atoms with Gasteiger partial charge in [0.05, 0.1) is 0 Å². The number of carbonyl (C=O) groups excluding carboxylic acids is 1. The molecule has 0 saturated heterocycles. The fraction of sp³-hybridized carbons (Fsp3) is 0.533. The Hall–Kier alpha value is -0.620. The van der Waals surface area contributed by atoms with Crippen molar-refractivity contribution in [3.05, 3.63) is 27.3 Å². The second-order valence-corrected chi connectivity index (χ2v) is 6.69. The van der Waals surface area contributed by atoms with Gasteiger partial charge in [-0.15, -0.1) is 0 Å². The standard InChI is InChI=1S/C15H23IN2O/c1-10(2)6-12(9-17)8-15(19)18-14-5-4-13(16)7-11(14)3/h4-5,7,10,12H,6,8-9,17H2,1-3H3,(H,18,19)/t12-/m0/s1. The molecule has 0 aliphatic carbocycles. The first-order valence-electron chi connectivity index (χ1n) is 6.68. The highest BCUT2D eigenvalue weighted by Crippen LogP contribution is 2.19. The molecule has 0 aliphatic rings. The minimum absolute atomic E-state index is 0.0559. The Morgan fingerprint density at radius 2 is 2.11 bits per heavy atom. The van der Waals surface area contributed by atoms with Crippen molar-refractivity contribution in [2.24, 2.45) is 17.6 Å². The molecule has 0 unspecified atom stereocenters. The van der Waals surface area contributed by atoms with Gasteiger partial charge in [0.15, 0.2) is 0 Å². The van der Waals surface area contributed by atoms with Crippen LogP contribution in [0.1, 0.15) is 32.3 Å². The maximum absolute atomic E-state index is 12.0. The molecule has 0 aliphatic heterocycles. The van der Waals surface area contributed by atoms with Gasteiger partial charge in [0.2, 0.25) is 5.91 Å². The predicted molar refractivity (Wildman–Crippen MR) is 89.1 cm³/mol. The molecule has 0 spiro atoms. The van der Waals surface area contributed by atoms with Crippen molar-refractivity contribution in [2.75, 3.05) is 11.9 Å². The molecule has 0 bridgehead atoms. The lowest BCUT2D eigenvalue weighted by Gasteiger charge is -2.17. The average Bonchev–Trinajstić information content (AvgIpc) is 2.31. The average molecular weight is 374 g/mol. The van der Waals surface area contributed by atoms with Gasteiger partial charge in [-0.25, -0.2) is 0 Å². The van der Waals surface area contributed by atoms with Crippen LogP contribution in [0, 0.1) is 22.3 Å². The van der Waals surface area contributed by atoms with Crippen LogP contribution in [-0.4, -0.2) is 12.5 Å². The molecule has 1 aromatic carbocycles. The molecule has 1 rings (SSSR count). The quantitative estimate of drug-likeness (QED) is 0.749. The number of carbonyl (C=O) groups is 1. The van der Waals surface area contributed by atoms with Crippen molar-refractivity contribution >= 4 is 34.2 Å². The maximum atomic E-state index is 12.0. The molecule has 0 heterocycles. The second kappa shape index (κ2) is 7.85. The molecule has 0 radical (unpaired) electrons. The number of anilines is 1. The zero-order chi connectivity index (χ0) is 14.4. The Labute approximate surface area is 129 Å². The first-order chi connectivity index (χ1) is 8.92. The van der Waals surface area contributed by atoms with E-state index in [4.69, 9.17) is 5.73 Å². The van der Waals surface area contributed by atoms with E-state index in [-0.39, 0.29) is 11.8 Å². The fourth-order valence-electron chi connectivity index (χ4n) is 2.16. The lowest BCUT2D eigenvalue weighted by molar-refractivity contribution is -0.117. The van der Waals surface area contributed by atoms with Crippen molar-refractivity contribution < 1.29 is 4.79 Å². The molecule has 1 atom stereocenters. The number of benzene rings is 1. The summed E-state index contributed by atoms with van der Waals surface area (Å²) in [5, 5.41) is 2.98. The fourth-order valence-corrected chi connectivity index (χ4v) is 2.81. The highest BCUT2D eigenvalue weighted by atomic mass is 127. The minimum Gasteiger partial charge on any atom is -0.330 e. The monoisotopic (exact) mass is 374 g/mol.